The topological polar surface area (TPSA) is 26.0 Å². The van der Waals surface area contributed by atoms with Crippen LogP contribution in [0.3, 0.4) is 0 Å². The molecule has 0 fully saturated rings. The fraction of sp³-hybridized carbons (Fsp3) is 0.273. The molecule has 1 aromatic carbocycles. The average molecular weight is 177 g/mol. The minimum absolute atomic E-state index is 0.149. The van der Waals surface area contributed by atoms with E-state index in [9.17, 15) is 4.39 Å². The molecule has 0 aromatic heterocycles. The van der Waals surface area contributed by atoms with Gasteiger partial charge < -0.3 is 5.73 Å². The molecule has 0 saturated carbocycles. The molecule has 0 spiro atoms. The van der Waals surface area contributed by atoms with Gasteiger partial charge in [0.05, 0.1) is 11.3 Å². The third-order valence-corrected chi connectivity index (χ3v) is 1.52. The summed E-state index contributed by atoms with van der Waals surface area (Å²) in [4.78, 5) is 0. The summed E-state index contributed by atoms with van der Waals surface area (Å²) in [6.45, 7) is 3.91. The Balaban J connectivity index is 3.04. The summed E-state index contributed by atoms with van der Waals surface area (Å²) < 4.78 is 13.2. The van der Waals surface area contributed by atoms with E-state index in [2.05, 4.69) is 11.8 Å². The van der Waals surface area contributed by atoms with Gasteiger partial charge in [0.25, 0.3) is 0 Å². The minimum Gasteiger partial charge on any atom is -0.396 e. The van der Waals surface area contributed by atoms with Crippen LogP contribution in [-0.2, 0) is 0 Å². The molecule has 0 radical (unpaired) electrons. The van der Waals surface area contributed by atoms with E-state index in [4.69, 9.17) is 5.73 Å². The van der Waals surface area contributed by atoms with E-state index in [0.717, 1.165) is 0 Å². The van der Waals surface area contributed by atoms with Crippen LogP contribution < -0.4 is 5.73 Å². The zero-order valence-electron chi connectivity index (χ0n) is 7.76. The molecule has 0 unspecified atom stereocenters. The van der Waals surface area contributed by atoms with Crippen molar-refractivity contribution in [1.29, 1.82) is 0 Å². The molecule has 1 aromatic rings. The molecule has 1 rings (SSSR count). The quantitative estimate of drug-likeness (QED) is 0.478. The van der Waals surface area contributed by atoms with Crippen molar-refractivity contribution in [3.05, 3.63) is 29.6 Å². The molecule has 0 saturated heterocycles. The van der Waals surface area contributed by atoms with Crippen molar-refractivity contribution >= 4 is 5.69 Å². The minimum atomic E-state index is -0.421. The Kier molecular flexibility index (Phi) is 2.92. The van der Waals surface area contributed by atoms with Gasteiger partial charge in [-0.05, 0) is 12.1 Å². The predicted molar refractivity (Wildman–Crippen MR) is 52.5 cm³/mol. The first-order chi connectivity index (χ1) is 6.11. The highest BCUT2D eigenvalue weighted by molar-refractivity contribution is 5.49. The lowest BCUT2D eigenvalue weighted by Gasteiger charge is -1.97. The first kappa shape index (κ1) is 9.60. The van der Waals surface area contributed by atoms with Gasteiger partial charge in [0.15, 0.2) is 5.82 Å². The molecule has 0 amide bonds. The van der Waals surface area contributed by atoms with Crippen LogP contribution in [0.2, 0.25) is 0 Å². The number of halogens is 1. The molecule has 0 heterocycles. The lowest BCUT2D eigenvalue weighted by atomic mass is 10.1. The van der Waals surface area contributed by atoms with Crippen molar-refractivity contribution in [1.82, 2.24) is 0 Å². The standard InChI is InChI=1S/C11H12FN/c1-8(2)6-7-9-4-3-5-10(13)11(9)12/h3-5,8H,13H2,1-2H3. The first-order valence-corrected chi connectivity index (χ1v) is 4.17. The van der Waals surface area contributed by atoms with Gasteiger partial charge in [-0.3, -0.25) is 0 Å². The Labute approximate surface area is 77.8 Å². The first-order valence-electron chi connectivity index (χ1n) is 4.17. The molecular formula is C11H12FN. The van der Waals surface area contributed by atoms with Crippen molar-refractivity contribution in [3.8, 4) is 11.8 Å². The van der Waals surface area contributed by atoms with Crippen LogP contribution in [0.15, 0.2) is 18.2 Å². The number of hydrogen-bond acceptors (Lipinski definition) is 1. The van der Waals surface area contributed by atoms with Crippen LogP contribution in [0, 0.1) is 23.6 Å². The number of anilines is 1. The van der Waals surface area contributed by atoms with Crippen LogP contribution in [0.5, 0.6) is 0 Å². The summed E-state index contributed by atoms with van der Waals surface area (Å²) in [5.41, 5.74) is 5.90. The number of nitrogen functional groups attached to an aromatic ring is 1. The van der Waals surface area contributed by atoms with E-state index in [1.807, 2.05) is 13.8 Å². The van der Waals surface area contributed by atoms with Crippen molar-refractivity contribution in [2.45, 2.75) is 13.8 Å². The fourth-order valence-corrected chi connectivity index (χ4v) is 0.868. The molecule has 0 aliphatic heterocycles. The van der Waals surface area contributed by atoms with E-state index in [1.165, 1.54) is 6.07 Å². The van der Waals surface area contributed by atoms with Crippen molar-refractivity contribution in [2.75, 3.05) is 5.73 Å². The largest absolute Gasteiger partial charge is 0.396 e. The normalized spacial score (nSPS) is 9.54. The summed E-state index contributed by atoms with van der Waals surface area (Å²) >= 11 is 0. The van der Waals surface area contributed by atoms with Gasteiger partial charge in [-0.25, -0.2) is 4.39 Å². The highest BCUT2D eigenvalue weighted by atomic mass is 19.1. The molecular weight excluding hydrogens is 165 g/mol. The number of nitrogens with two attached hydrogens (primary N) is 1. The smallest absolute Gasteiger partial charge is 0.161 e. The van der Waals surface area contributed by atoms with Crippen LogP contribution >= 0.6 is 0 Å². The second-order valence-electron chi connectivity index (χ2n) is 3.13. The molecule has 68 valence electrons. The zero-order valence-corrected chi connectivity index (χ0v) is 7.76. The summed E-state index contributed by atoms with van der Waals surface area (Å²) in [5, 5.41) is 0. The van der Waals surface area contributed by atoms with E-state index in [0.29, 0.717) is 5.56 Å². The maximum atomic E-state index is 13.2. The maximum Gasteiger partial charge on any atom is 0.161 e. The fourth-order valence-electron chi connectivity index (χ4n) is 0.868. The lowest BCUT2D eigenvalue weighted by Crippen LogP contribution is -1.93. The summed E-state index contributed by atoms with van der Waals surface area (Å²) in [6.07, 6.45) is 0. The highest BCUT2D eigenvalue weighted by Crippen LogP contribution is 2.13. The van der Waals surface area contributed by atoms with Crippen LogP contribution in [0.25, 0.3) is 0 Å². The zero-order chi connectivity index (χ0) is 9.84. The molecule has 1 nitrogen and oxygen atoms in total. The van der Waals surface area contributed by atoms with Crippen molar-refractivity contribution in [2.24, 2.45) is 5.92 Å². The van der Waals surface area contributed by atoms with Crippen LogP contribution in [0.1, 0.15) is 19.4 Å². The number of rotatable bonds is 0. The summed E-state index contributed by atoms with van der Waals surface area (Å²) in [5.74, 6) is 5.45. The third kappa shape index (κ3) is 2.48. The van der Waals surface area contributed by atoms with Gasteiger partial charge in [-0.15, -0.1) is 0 Å². The second kappa shape index (κ2) is 3.95. The molecule has 0 atom stereocenters. The molecule has 2 heteroatoms. The number of benzene rings is 1. The summed E-state index contributed by atoms with van der Waals surface area (Å²) in [6, 6.07) is 4.85. The lowest BCUT2D eigenvalue weighted by molar-refractivity contribution is 0.629. The summed E-state index contributed by atoms with van der Waals surface area (Å²) in [7, 11) is 0. The Morgan fingerprint density at radius 2 is 2.08 bits per heavy atom. The van der Waals surface area contributed by atoms with E-state index in [1.54, 1.807) is 12.1 Å². The predicted octanol–water partition coefficient (Wildman–Crippen LogP) is 2.42. The van der Waals surface area contributed by atoms with Gasteiger partial charge in [-0.2, -0.15) is 0 Å². The third-order valence-electron chi connectivity index (χ3n) is 1.52. The Bertz CT molecular complexity index is 358. The van der Waals surface area contributed by atoms with Crippen LogP contribution in [0.4, 0.5) is 10.1 Å². The number of hydrogen-bond donors (Lipinski definition) is 1. The van der Waals surface area contributed by atoms with E-state index < -0.39 is 5.82 Å². The SMILES string of the molecule is CC(C)C#Cc1cccc(N)c1F. The average Bonchev–Trinajstić information content (AvgIpc) is 2.07. The highest BCUT2D eigenvalue weighted by Gasteiger charge is 2.01. The maximum absolute atomic E-state index is 13.2. The Morgan fingerprint density at radius 3 is 2.69 bits per heavy atom. The van der Waals surface area contributed by atoms with Gasteiger partial charge in [0, 0.05) is 5.92 Å². The molecule has 0 aliphatic carbocycles. The monoisotopic (exact) mass is 177 g/mol. The molecule has 0 aliphatic rings. The Morgan fingerprint density at radius 1 is 1.38 bits per heavy atom. The van der Waals surface area contributed by atoms with Gasteiger partial charge in [0.2, 0.25) is 0 Å². The second-order valence-corrected chi connectivity index (χ2v) is 3.13. The molecule has 0 bridgehead atoms. The van der Waals surface area contributed by atoms with Crippen molar-refractivity contribution in [3.63, 3.8) is 0 Å². The van der Waals surface area contributed by atoms with Crippen molar-refractivity contribution < 1.29 is 4.39 Å². The van der Waals surface area contributed by atoms with E-state index in [-0.39, 0.29) is 11.6 Å². The molecule has 13 heavy (non-hydrogen) atoms. The van der Waals surface area contributed by atoms with E-state index >= 15 is 0 Å². The van der Waals surface area contributed by atoms with Gasteiger partial charge >= 0.3 is 0 Å². The van der Waals surface area contributed by atoms with Crippen LogP contribution in [-0.4, -0.2) is 0 Å². The van der Waals surface area contributed by atoms with Gasteiger partial charge in [-0.1, -0.05) is 31.8 Å². The van der Waals surface area contributed by atoms with Gasteiger partial charge in [0.1, 0.15) is 0 Å². The molecule has 2 N–H and O–H groups in total. The Hall–Kier alpha value is -1.49.